The van der Waals surface area contributed by atoms with Gasteiger partial charge in [-0.2, -0.15) is 0 Å². The van der Waals surface area contributed by atoms with Crippen LogP contribution in [-0.4, -0.2) is 17.2 Å². The van der Waals surface area contributed by atoms with Crippen molar-refractivity contribution in [1.29, 1.82) is 0 Å². The Labute approximate surface area is 116 Å². The van der Waals surface area contributed by atoms with Crippen LogP contribution in [0.15, 0.2) is 36.5 Å². The van der Waals surface area contributed by atoms with E-state index in [0.717, 1.165) is 25.9 Å². The number of aryl methyl sites for hydroxylation is 1. The van der Waals surface area contributed by atoms with Crippen molar-refractivity contribution in [3.05, 3.63) is 47.7 Å². The van der Waals surface area contributed by atoms with Gasteiger partial charge in [0.2, 0.25) is 0 Å². The number of nitrogens with zero attached hydrogens (tertiary/aromatic N) is 1. The molecular formula is C17H23NO. The van der Waals surface area contributed by atoms with Gasteiger partial charge in [-0.05, 0) is 43.7 Å². The second kappa shape index (κ2) is 6.55. The first-order chi connectivity index (χ1) is 9.16. The zero-order valence-electron chi connectivity index (χ0n) is 11.8. The van der Waals surface area contributed by atoms with Crippen molar-refractivity contribution in [2.45, 2.75) is 45.6 Å². The molecule has 1 heterocycles. The number of carbonyl (C=O) groups excluding carboxylic acids is 1. The largest absolute Gasteiger partial charge is 0.371 e. The lowest BCUT2D eigenvalue weighted by molar-refractivity contribution is -0.116. The molecule has 1 aromatic carbocycles. The molecule has 0 atom stereocenters. The van der Waals surface area contributed by atoms with E-state index in [1.165, 1.54) is 29.7 Å². The molecule has 0 spiro atoms. The predicted octanol–water partition coefficient (Wildman–Crippen LogP) is 3.71. The highest BCUT2D eigenvalue weighted by atomic mass is 16.1. The van der Waals surface area contributed by atoms with E-state index in [-0.39, 0.29) is 5.78 Å². The van der Waals surface area contributed by atoms with Crippen LogP contribution in [0.25, 0.3) is 0 Å². The van der Waals surface area contributed by atoms with E-state index in [2.05, 4.69) is 35.7 Å². The molecule has 1 aliphatic rings. The molecule has 1 fully saturated rings. The average Bonchev–Trinajstić information content (AvgIpc) is 2.40. The van der Waals surface area contributed by atoms with Crippen LogP contribution in [0.1, 0.15) is 43.7 Å². The minimum absolute atomic E-state index is 0.261. The van der Waals surface area contributed by atoms with Gasteiger partial charge in [0, 0.05) is 25.2 Å². The van der Waals surface area contributed by atoms with Crippen LogP contribution < -0.4 is 0 Å². The van der Waals surface area contributed by atoms with E-state index in [1.807, 2.05) is 0 Å². The molecule has 0 bridgehead atoms. The first-order valence-corrected chi connectivity index (χ1v) is 7.16. The number of allylic oxidation sites excluding steroid dienone is 1. The summed E-state index contributed by atoms with van der Waals surface area (Å²) in [7, 11) is 0. The third-order valence-electron chi connectivity index (χ3n) is 3.82. The topological polar surface area (TPSA) is 20.3 Å². The smallest absolute Gasteiger partial charge is 0.130 e. The molecule has 2 nitrogen and oxygen atoms in total. The number of likely N-dealkylation sites (tertiary alicyclic amines) is 1. The lowest BCUT2D eigenvalue weighted by Crippen LogP contribution is -2.27. The molecule has 0 amide bonds. The summed E-state index contributed by atoms with van der Waals surface area (Å²) in [6.45, 7) is 7.88. The summed E-state index contributed by atoms with van der Waals surface area (Å²) in [5.74, 6) is 0.261. The van der Waals surface area contributed by atoms with Crippen LogP contribution in [-0.2, 0) is 17.8 Å². The van der Waals surface area contributed by atoms with Crippen LogP contribution >= 0.6 is 0 Å². The maximum absolute atomic E-state index is 11.1. The standard InChI is InChI=1S/C17H23NO/c1-14-7-5-6-12-18(14)13-17-9-4-3-8-16(17)11-10-15(2)19/h3-4,8-9H,1,5-7,10-13H2,2H3. The SMILES string of the molecule is C=C1CCCCN1Cc1ccccc1CCC(C)=O. The van der Waals surface area contributed by atoms with Gasteiger partial charge in [-0.1, -0.05) is 30.8 Å². The molecule has 102 valence electrons. The fourth-order valence-electron chi connectivity index (χ4n) is 2.61. The first-order valence-electron chi connectivity index (χ1n) is 7.16. The van der Waals surface area contributed by atoms with Gasteiger partial charge in [0.25, 0.3) is 0 Å². The Morgan fingerprint density at radius 3 is 2.68 bits per heavy atom. The van der Waals surface area contributed by atoms with E-state index < -0.39 is 0 Å². The molecular weight excluding hydrogens is 234 g/mol. The van der Waals surface area contributed by atoms with Gasteiger partial charge < -0.3 is 9.69 Å². The van der Waals surface area contributed by atoms with Gasteiger partial charge >= 0.3 is 0 Å². The fourth-order valence-corrected chi connectivity index (χ4v) is 2.61. The Bertz CT molecular complexity index is 464. The number of Topliss-reactive ketones (excluding diaryl/α,β-unsaturated/α-hetero) is 1. The molecule has 1 saturated heterocycles. The minimum atomic E-state index is 0.261. The normalized spacial score (nSPS) is 15.6. The molecule has 0 radical (unpaired) electrons. The number of hydrogen-bond acceptors (Lipinski definition) is 2. The highest BCUT2D eigenvalue weighted by molar-refractivity contribution is 5.75. The van der Waals surface area contributed by atoms with E-state index >= 15 is 0 Å². The molecule has 0 N–H and O–H groups in total. The Hall–Kier alpha value is -1.57. The van der Waals surface area contributed by atoms with Crippen molar-refractivity contribution in [2.24, 2.45) is 0 Å². The number of rotatable bonds is 5. The maximum atomic E-state index is 11.1. The summed E-state index contributed by atoms with van der Waals surface area (Å²) in [6.07, 6.45) is 5.13. The Kier molecular flexibility index (Phi) is 4.78. The summed E-state index contributed by atoms with van der Waals surface area (Å²) < 4.78 is 0. The quantitative estimate of drug-likeness (QED) is 0.801. The van der Waals surface area contributed by atoms with Gasteiger partial charge in [-0.15, -0.1) is 0 Å². The number of piperidine rings is 1. The summed E-state index contributed by atoms with van der Waals surface area (Å²) in [5, 5.41) is 0. The maximum Gasteiger partial charge on any atom is 0.130 e. The molecule has 0 aliphatic carbocycles. The Morgan fingerprint density at radius 1 is 1.26 bits per heavy atom. The molecule has 0 saturated carbocycles. The van der Waals surface area contributed by atoms with Crippen molar-refractivity contribution in [3.8, 4) is 0 Å². The minimum Gasteiger partial charge on any atom is -0.371 e. The lowest BCUT2D eigenvalue weighted by atomic mass is 10.00. The van der Waals surface area contributed by atoms with Crippen LogP contribution in [0.3, 0.4) is 0 Å². The number of ketones is 1. The molecule has 0 unspecified atom stereocenters. The van der Waals surface area contributed by atoms with Crippen molar-refractivity contribution in [1.82, 2.24) is 4.90 Å². The third-order valence-corrected chi connectivity index (χ3v) is 3.82. The van der Waals surface area contributed by atoms with E-state index in [1.54, 1.807) is 6.92 Å². The molecule has 1 aliphatic heterocycles. The van der Waals surface area contributed by atoms with Gasteiger partial charge in [-0.25, -0.2) is 0 Å². The molecule has 19 heavy (non-hydrogen) atoms. The third kappa shape index (κ3) is 3.95. The highest BCUT2D eigenvalue weighted by Gasteiger charge is 2.14. The van der Waals surface area contributed by atoms with Crippen LogP contribution in [0.5, 0.6) is 0 Å². The van der Waals surface area contributed by atoms with Crippen LogP contribution in [0, 0.1) is 0 Å². The highest BCUT2D eigenvalue weighted by Crippen LogP contribution is 2.22. The number of carbonyl (C=O) groups is 1. The van der Waals surface area contributed by atoms with Crippen LogP contribution in [0.4, 0.5) is 0 Å². The Morgan fingerprint density at radius 2 is 2.00 bits per heavy atom. The van der Waals surface area contributed by atoms with Crippen molar-refractivity contribution in [2.75, 3.05) is 6.54 Å². The molecule has 0 aromatic heterocycles. The Balaban J connectivity index is 2.06. The summed E-state index contributed by atoms with van der Waals surface area (Å²) >= 11 is 0. The predicted molar refractivity (Wildman–Crippen MR) is 78.8 cm³/mol. The van der Waals surface area contributed by atoms with E-state index in [4.69, 9.17) is 0 Å². The zero-order valence-corrected chi connectivity index (χ0v) is 11.8. The van der Waals surface area contributed by atoms with Gasteiger partial charge in [-0.3, -0.25) is 0 Å². The molecule has 2 heteroatoms. The number of hydrogen-bond donors (Lipinski definition) is 0. The zero-order chi connectivity index (χ0) is 13.7. The second-order valence-corrected chi connectivity index (χ2v) is 5.42. The summed E-state index contributed by atoms with van der Waals surface area (Å²) in [5.41, 5.74) is 3.90. The average molecular weight is 257 g/mol. The molecule has 1 aromatic rings. The van der Waals surface area contributed by atoms with Gasteiger partial charge in [0.1, 0.15) is 5.78 Å². The lowest BCUT2D eigenvalue weighted by Gasteiger charge is -2.31. The summed E-state index contributed by atoms with van der Waals surface area (Å²) in [4.78, 5) is 13.5. The van der Waals surface area contributed by atoms with Crippen LogP contribution in [0.2, 0.25) is 0 Å². The van der Waals surface area contributed by atoms with Gasteiger partial charge in [0.05, 0.1) is 0 Å². The fraction of sp³-hybridized carbons (Fsp3) is 0.471. The second-order valence-electron chi connectivity index (χ2n) is 5.42. The van der Waals surface area contributed by atoms with E-state index in [0.29, 0.717) is 6.42 Å². The van der Waals surface area contributed by atoms with Gasteiger partial charge in [0.15, 0.2) is 0 Å². The number of benzene rings is 1. The first kappa shape index (κ1) is 13.9. The summed E-state index contributed by atoms with van der Waals surface area (Å²) in [6, 6.07) is 8.46. The van der Waals surface area contributed by atoms with Crippen molar-refractivity contribution < 1.29 is 4.79 Å². The van der Waals surface area contributed by atoms with Crippen molar-refractivity contribution >= 4 is 5.78 Å². The van der Waals surface area contributed by atoms with Crippen molar-refractivity contribution in [3.63, 3.8) is 0 Å². The monoisotopic (exact) mass is 257 g/mol. The molecule has 2 rings (SSSR count). The van der Waals surface area contributed by atoms with E-state index in [9.17, 15) is 4.79 Å².